The third kappa shape index (κ3) is 3.10. The van der Waals surface area contributed by atoms with Gasteiger partial charge in [0.1, 0.15) is 12.4 Å². The number of benzene rings is 1. The molecule has 3 nitrogen and oxygen atoms in total. The van der Waals surface area contributed by atoms with E-state index in [9.17, 15) is 0 Å². The molecule has 17 heavy (non-hydrogen) atoms. The number of para-hydroxylation sites is 1. The molecule has 0 unspecified atom stereocenters. The van der Waals surface area contributed by atoms with Gasteiger partial charge in [0.05, 0.1) is 10.7 Å². The minimum Gasteiger partial charge on any atom is -0.487 e. The van der Waals surface area contributed by atoms with Crippen LogP contribution in [0.25, 0.3) is 0 Å². The van der Waals surface area contributed by atoms with E-state index in [-0.39, 0.29) is 0 Å². The van der Waals surface area contributed by atoms with E-state index in [4.69, 9.17) is 4.74 Å². The molecule has 5 heteroatoms. The summed E-state index contributed by atoms with van der Waals surface area (Å²) in [6.45, 7) is 0.524. The number of aromatic nitrogens is 2. The highest BCUT2D eigenvalue weighted by Crippen LogP contribution is 2.31. The van der Waals surface area contributed by atoms with Gasteiger partial charge in [0.2, 0.25) is 0 Å². The molecular weight excluding hydrogens is 348 g/mol. The number of halogens is 2. The molecule has 0 atom stereocenters. The van der Waals surface area contributed by atoms with Gasteiger partial charge >= 0.3 is 0 Å². The lowest BCUT2D eigenvalue weighted by Gasteiger charge is -2.10. The highest BCUT2D eigenvalue weighted by atomic mass is 79.9. The van der Waals surface area contributed by atoms with Crippen LogP contribution in [0.5, 0.6) is 5.75 Å². The van der Waals surface area contributed by atoms with Crippen molar-refractivity contribution in [2.24, 2.45) is 7.05 Å². The topological polar surface area (TPSA) is 27.1 Å². The molecule has 2 rings (SSSR count). The molecule has 0 spiro atoms. The monoisotopic (exact) mass is 358 g/mol. The Morgan fingerprint density at radius 1 is 1.41 bits per heavy atom. The zero-order valence-corrected chi connectivity index (χ0v) is 12.5. The van der Waals surface area contributed by atoms with Gasteiger partial charge in [0.25, 0.3) is 0 Å². The van der Waals surface area contributed by atoms with Gasteiger partial charge in [0.15, 0.2) is 0 Å². The fraction of sp³-hybridized carbons (Fsp3) is 0.250. The normalized spacial score (nSPS) is 10.5. The summed E-state index contributed by atoms with van der Waals surface area (Å²) < 4.78 is 8.57. The standard InChI is InChI=1S/C12H12Br2N2O/c1-16-7-9(6-15-16)8-17-12-10(5-13)3-2-4-11(12)14/h2-4,6-7H,5,8H2,1H3. The van der Waals surface area contributed by atoms with Gasteiger partial charge in [-0.1, -0.05) is 28.1 Å². The van der Waals surface area contributed by atoms with E-state index in [0.29, 0.717) is 6.61 Å². The van der Waals surface area contributed by atoms with Crippen molar-refractivity contribution in [3.05, 3.63) is 46.2 Å². The molecule has 0 amide bonds. The summed E-state index contributed by atoms with van der Waals surface area (Å²) in [7, 11) is 1.89. The third-order valence-electron chi connectivity index (χ3n) is 2.33. The second kappa shape index (κ2) is 5.69. The average Bonchev–Trinajstić information content (AvgIpc) is 2.73. The number of rotatable bonds is 4. The molecule has 0 aliphatic carbocycles. The predicted octanol–water partition coefficient (Wildman–Crippen LogP) is 3.66. The van der Waals surface area contributed by atoms with Crippen LogP contribution in [0.4, 0.5) is 0 Å². The Morgan fingerprint density at radius 3 is 2.88 bits per heavy atom. The second-order valence-electron chi connectivity index (χ2n) is 3.67. The van der Waals surface area contributed by atoms with Crippen LogP contribution >= 0.6 is 31.9 Å². The number of nitrogens with zero attached hydrogens (tertiary/aromatic N) is 2. The van der Waals surface area contributed by atoms with Gasteiger partial charge < -0.3 is 4.74 Å². The fourth-order valence-corrected chi connectivity index (χ4v) is 2.49. The van der Waals surface area contributed by atoms with Crippen LogP contribution in [0.2, 0.25) is 0 Å². The van der Waals surface area contributed by atoms with Crippen LogP contribution < -0.4 is 4.74 Å². The predicted molar refractivity (Wildman–Crippen MR) is 74.3 cm³/mol. The molecule has 0 radical (unpaired) electrons. The Balaban J connectivity index is 2.13. The first-order chi connectivity index (χ1) is 8.20. The van der Waals surface area contributed by atoms with Crippen molar-refractivity contribution in [3.8, 4) is 5.75 Å². The van der Waals surface area contributed by atoms with Crippen LogP contribution in [0.3, 0.4) is 0 Å². The van der Waals surface area contributed by atoms with E-state index >= 15 is 0 Å². The Labute approximate surface area is 117 Å². The molecule has 1 aromatic heterocycles. The van der Waals surface area contributed by atoms with Crippen molar-refractivity contribution >= 4 is 31.9 Å². The second-order valence-corrected chi connectivity index (χ2v) is 5.09. The first-order valence-corrected chi connectivity index (χ1v) is 7.06. The van der Waals surface area contributed by atoms with Crippen LogP contribution in [-0.4, -0.2) is 9.78 Å². The number of hydrogen-bond donors (Lipinski definition) is 0. The van der Waals surface area contributed by atoms with Crippen molar-refractivity contribution in [1.82, 2.24) is 9.78 Å². The van der Waals surface area contributed by atoms with Gasteiger partial charge in [-0.3, -0.25) is 4.68 Å². The highest BCUT2D eigenvalue weighted by molar-refractivity contribution is 9.10. The van der Waals surface area contributed by atoms with Gasteiger partial charge in [-0.15, -0.1) is 0 Å². The summed E-state index contributed by atoms with van der Waals surface area (Å²) >= 11 is 6.96. The van der Waals surface area contributed by atoms with Crippen LogP contribution in [0.15, 0.2) is 35.1 Å². The maximum absolute atomic E-state index is 5.83. The molecular formula is C12H12Br2N2O. The molecule has 0 saturated carbocycles. The Bertz CT molecular complexity index is 511. The molecule has 0 N–H and O–H groups in total. The zero-order chi connectivity index (χ0) is 12.3. The number of hydrogen-bond acceptors (Lipinski definition) is 2. The van der Waals surface area contributed by atoms with Gasteiger partial charge in [-0.05, 0) is 22.0 Å². The smallest absolute Gasteiger partial charge is 0.138 e. The van der Waals surface area contributed by atoms with Crippen molar-refractivity contribution in [3.63, 3.8) is 0 Å². The van der Waals surface area contributed by atoms with E-state index in [1.807, 2.05) is 37.6 Å². The van der Waals surface area contributed by atoms with E-state index in [0.717, 1.165) is 26.7 Å². The maximum atomic E-state index is 5.83. The molecule has 0 fully saturated rings. The molecule has 0 aliphatic heterocycles. The number of ether oxygens (including phenoxy) is 1. The minimum absolute atomic E-state index is 0.524. The van der Waals surface area contributed by atoms with Gasteiger partial charge in [-0.2, -0.15) is 5.10 Å². The molecule has 0 aliphatic rings. The summed E-state index contributed by atoms with van der Waals surface area (Å²) in [4.78, 5) is 0. The van der Waals surface area contributed by atoms with Crippen LogP contribution in [0.1, 0.15) is 11.1 Å². The molecule has 1 aromatic carbocycles. The van der Waals surface area contributed by atoms with Crippen LogP contribution in [-0.2, 0) is 19.0 Å². The van der Waals surface area contributed by atoms with E-state index in [1.165, 1.54) is 0 Å². The Morgan fingerprint density at radius 2 is 2.24 bits per heavy atom. The summed E-state index contributed by atoms with van der Waals surface area (Å²) in [6, 6.07) is 6.01. The van der Waals surface area contributed by atoms with Gasteiger partial charge in [0, 0.05) is 29.7 Å². The fourth-order valence-electron chi connectivity index (χ4n) is 1.52. The summed E-state index contributed by atoms with van der Waals surface area (Å²) in [5.41, 5.74) is 2.19. The Kier molecular flexibility index (Phi) is 4.23. The molecule has 90 valence electrons. The summed E-state index contributed by atoms with van der Waals surface area (Å²) in [5, 5.41) is 4.88. The number of alkyl halides is 1. The lowest BCUT2D eigenvalue weighted by molar-refractivity contribution is 0.302. The zero-order valence-electron chi connectivity index (χ0n) is 9.36. The van der Waals surface area contributed by atoms with Crippen molar-refractivity contribution in [1.29, 1.82) is 0 Å². The molecule has 2 aromatic rings. The lowest BCUT2D eigenvalue weighted by atomic mass is 10.2. The first kappa shape index (κ1) is 12.6. The molecule has 1 heterocycles. The molecule has 0 saturated heterocycles. The molecule has 0 bridgehead atoms. The van der Waals surface area contributed by atoms with Crippen molar-refractivity contribution in [2.75, 3.05) is 0 Å². The van der Waals surface area contributed by atoms with E-state index in [1.54, 1.807) is 4.68 Å². The van der Waals surface area contributed by atoms with Crippen LogP contribution in [0, 0.1) is 0 Å². The average molecular weight is 360 g/mol. The first-order valence-electron chi connectivity index (χ1n) is 5.14. The third-order valence-corrected chi connectivity index (χ3v) is 3.56. The maximum Gasteiger partial charge on any atom is 0.138 e. The van der Waals surface area contributed by atoms with Gasteiger partial charge in [-0.25, -0.2) is 0 Å². The number of aryl methyl sites for hydroxylation is 1. The Hall–Kier alpha value is -0.810. The van der Waals surface area contributed by atoms with E-state index in [2.05, 4.69) is 37.0 Å². The summed E-state index contributed by atoms with van der Waals surface area (Å²) in [5.74, 6) is 0.883. The van der Waals surface area contributed by atoms with Crippen molar-refractivity contribution < 1.29 is 4.74 Å². The van der Waals surface area contributed by atoms with Crippen molar-refractivity contribution in [2.45, 2.75) is 11.9 Å². The minimum atomic E-state index is 0.524. The highest BCUT2D eigenvalue weighted by Gasteiger charge is 2.07. The lowest BCUT2D eigenvalue weighted by Crippen LogP contribution is -1.98. The SMILES string of the molecule is Cn1cc(COc2c(Br)cccc2CBr)cn1. The quantitative estimate of drug-likeness (QED) is 0.779. The van der Waals surface area contributed by atoms with E-state index < -0.39 is 0 Å². The largest absolute Gasteiger partial charge is 0.487 e. The summed E-state index contributed by atoms with van der Waals surface area (Å²) in [6.07, 6.45) is 3.76.